The Morgan fingerprint density at radius 1 is 1.24 bits per heavy atom. The highest BCUT2D eigenvalue weighted by Gasteiger charge is 2.06. The summed E-state index contributed by atoms with van der Waals surface area (Å²) in [5.41, 5.74) is 2.17. The van der Waals surface area contributed by atoms with Crippen molar-refractivity contribution in [3.63, 3.8) is 0 Å². The van der Waals surface area contributed by atoms with E-state index in [1.807, 2.05) is 30.3 Å². The lowest BCUT2D eigenvalue weighted by Gasteiger charge is -2.08. The lowest BCUT2D eigenvalue weighted by molar-refractivity contribution is 0.416. The molecule has 0 fully saturated rings. The van der Waals surface area contributed by atoms with Gasteiger partial charge in [0.1, 0.15) is 5.75 Å². The molecular formula is C13H13NO2S. The van der Waals surface area contributed by atoms with Crippen molar-refractivity contribution in [3.05, 3.63) is 52.3 Å². The van der Waals surface area contributed by atoms with Crippen molar-refractivity contribution in [1.29, 1.82) is 0 Å². The van der Waals surface area contributed by atoms with Crippen molar-refractivity contribution < 1.29 is 4.74 Å². The van der Waals surface area contributed by atoms with Gasteiger partial charge in [-0.2, -0.15) is 12.6 Å². The third-order valence-electron chi connectivity index (χ3n) is 2.56. The maximum atomic E-state index is 11.7. The molecule has 1 heterocycles. The standard InChI is InChI=1S/C13H13NO2S/c1-16-12-5-3-2-4-10(12)11-7-6-9(8-17)13(15)14-11/h2-7,17H,8H2,1H3,(H,14,15). The molecule has 0 spiro atoms. The number of nitrogens with one attached hydrogen (secondary N) is 1. The number of hydrogen-bond acceptors (Lipinski definition) is 3. The number of para-hydroxylation sites is 1. The van der Waals surface area contributed by atoms with E-state index in [4.69, 9.17) is 4.74 Å². The van der Waals surface area contributed by atoms with Gasteiger partial charge in [0.2, 0.25) is 0 Å². The molecule has 2 aromatic rings. The Balaban J connectivity index is 2.53. The highest BCUT2D eigenvalue weighted by atomic mass is 32.1. The normalized spacial score (nSPS) is 10.2. The van der Waals surface area contributed by atoms with Crippen molar-refractivity contribution in [3.8, 4) is 17.0 Å². The SMILES string of the molecule is COc1ccccc1-c1ccc(CS)c(=O)[nH]1. The molecule has 17 heavy (non-hydrogen) atoms. The summed E-state index contributed by atoms with van der Waals surface area (Å²) in [6, 6.07) is 11.2. The Hall–Kier alpha value is -1.68. The predicted octanol–water partition coefficient (Wildman–Crippen LogP) is 2.48. The molecular weight excluding hydrogens is 234 g/mol. The van der Waals surface area contributed by atoms with Crippen LogP contribution in [0.5, 0.6) is 5.75 Å². The molecule has 0 unspecified atom stereocenters. The monoisotopic (exact) mass is 247 g/mol. The molecule has 0 saturated carbocycles. The van der Waals surface area contributed by atoms with Crippen LogP contribution in [0, 0.1) is 0 Å². The fourth-order valence-electron chi connectivity index (χ4n) is 1.65. The minimum atomic E-state index is -0.108. The van der Waals surface area contributed by atoms with Gasteiger partial charge in [-0.25, -0.2) is 0 Å². The third-order valence-corrected chi connectivity index (χ3v) is 2.90. The first-order valence-electron chi connectivity index (χ1n) is 5.22. The van der Waals surface area contributed by atoms with Crippen LogP contribution in [0.15, 0.2) is 41.2 Å². The topological polar surface area (TPSA) is 42.1 Å². The van der Waals surface area contributed by atoms with Crippen LogP contribution in [0.2, 0.25) is 0 Å². The maximum Gasteiger partial charge on any atom is 0.252 e. The van der Waals surface area contributed by atoms with E-state index in [0.29, 0.717) is 11.3 Å². The van der Waals surface area contributed by atoms with Crippen LogP contribution in [0.3, 0.4) is 0 Å². The summed E-state index contributed by atoms with van der Waals surface area (Å²) in [5, 5.41) is 0. The number of ether oxygens (including phenoxy) is 1. The minimum absolute atomic E-state index is 0.108. The van der Waals surface area contributed by atoms with Gasteiger partial charge in [-0.3, -0.25) is 4.79 Å². The zero-order valence-corrected chi connectivity index (χ0v) is 10.3. The average molecular weight is 247 g/mol. The molecule has 1 N–H and O–H groups in total. The first-order valence-corrected chi connectivity index (χ1v) is 5.86. The molecule has 0 bridgehead atoms. The molecule has 1 aromatic heterocycles. The maximum absolute atomic E-state index is 11.7. The molecule has 0 radical (unpaired) electrons. The molecule has 1 aromatic carbocycles. The van der Waals surface area contributed by atoms with E-state index >= 15 is 0 Å². The van der Waals surface area contributed by atoms with Crippen LogP contribution in [0.25, 0.3) is 11.3 Å². The number of aromatic nitrogens is 1. The number of H-pyrrole nitrogens is 1. The van der Waals surface area contributed by atoms with E-state index in [9.17, 15) is 4.79 Å². The smallest absolute Gasteiger partial charge is 0.252 e. The molecule has 0 aliphatic rings. The quantitative estimate of drug-likeness (QED) is 0.818. The van der Waals surface area contributed by atoms with Gasteiger partial charge in [-0.1, -0.05) is 18.2 Å². The van der Waals surface area contributed by atoms with Crippen molar-refractivity contribution in [1.82, 2.24) is 4.98 Å². The van der Waals surface area contributed by atoms with E-state index in [-0.39, 0.29) is 5.56 Å². The van der Waals surface area contributed by atoms with Gasteiger partial charge < -0.3 is 9.72 Å². The summed E-state index contributed by atoms with van der Waals surface area (Å²) in [6.07, 6.45) is 0. The summed E-state index contributed by atoms with van der Waals surface area (Å²) in [7, 11) is 1.61. The Labute approximate surface area is 105 Å². The second-order valence-corrected chi connectivity index (χ2v) is 3.90. The Morgan fingerprint density at radius 2 is 2.00 bits per heavy atom. The minimum Gasteiger partial charge on any atom is -0.496 e. The van der Waals surface area contributed by atoms with Crippen molar-refractivity contribution in [2.75, 3.05) is 7.11 Å². The largest absolute Gasteiger partial charge is 0.496 e. The van der Waals surface area contributed by atoms with Crippen LogP contribution in [0.1, 0.15) is 5.56 Å². The summed E-state index contributed by atoms with van der Waals surface area (Å²) >= 11 is 4.10. The first-order chi connectivity index (χ1) is 8.26. The van der Waals surface area contributed by atoms with E-state index in [1.54, 1.807) is 13.2 Å². The molecule has 0 saturated heterocycles. The number of benzene rings is 1. The second-order valence-electron chi connectivity index (χ2n) is 3.58. The number of thiol groups is 1. The van der Waals surface area contributed by atoms with Gasteiger partial charge in [0, 0.05) is 16.9 Å². The fourth-order valence-corrected chi connectivity index (χ4v) is 1.90. The van der Waals surface area contributed by atoms with Crippen molar-refractivity contribution in [2.24, 2.45) is 0 Å². The number of pyridine rings is 1. The van der Waals surface area contributed by atoms with Crippen LogP contribution in [-0.4, -0.2) is 12.1 Å². The number of rotatable bonds is 3. The molecule has 2 rings (SSSR count). The van der Waals surface area contributed by atoms with E-state index in [1.165, 1.54) is 0 Å². The molecule has 0 atom stereocenters. The van der Waals surface area contributed by atoms with Gasteiger partial charge in [0.05, 0.1) is 12.8 Å². The summed E-state index contributed by atoms with van der Waals surface area (Å²) in [6.45, 7) is 0. The van der Waals surface area contributed by atoms with E-state index in [0.717, 1.165) is 17.0 Å². The zero-order chi connectivity index (χ0) is 12.3. The van der Waals surface area contributed by atoms with Crippen molar-refractivity contribution >= 4 is 12.6 Å². The molecule has 0 amide bonds. The Kier molecular flexibility index (Phi) is 3.54. The molecule has 4 heteroatoms. The van der Waals surface area contributed by atoms with Crippen LogP contribution in [-0.2, 0) is 5.75 Å². The molecule has 0 aliphatic carbocycles. The molecule has 0 aliphatic heterocycles. The predicted molar refractivity (Wildman–Crippen MR) is 71.7 cm³/mol. The fraction of sp³-hybridized carbons (Fsp3) is 0.154. The van der Waals surface area contributed by atoms with E-state index < -0.39 is 0 Å². The van der Waals surface area contributed by atoms with Crippen LogP contribution < -0.4 is 10.3 Å². The van der Waals surface area contributed by atoms with E-state index in [2.05, 4.69) is 17.6 Å². The highest BCUT2D eigenvalue weighted by Crippen LogP contribution is 2.27. The molecule has 88 valence electrons. The Bertz CT molecular complexity index is 578. The number of methoxy groups -OCH3 is 1. The highest BCUT2D eigenvalue weighted by molar-refractivity contribution is 7.79. The lowest BCUT2D eigenvalue weighted by Crippen LogP contribution is -2.11. The summed E-state index contributed by atoms with van der Waals surface area (Å²) < 4.78 is 5.26. The van der Waals surface area contributed by atoms with Crippen LogP contribution in [0.4, 0.5) is 0 Å². The second kappa shape index (κ2) is 5.10. The van der Waals surface area contributed by atoms with Gasteiger partial charge in [-0.15, -0.1) is 0 Å². The third kappa shape index (κ3) is 2.36. The van der Waals surface area contributed by atoms with Gasteiger partial charge in [-0.05, 0) is 18.2 Å². The average Bonchev–Trinajstić information content (AvgIpc) is 2.38. The Morgan fingerprint density at radius 3 is 2.65 bits per heavy atom. The number of aromatic amines is 1. The first kappa shape index (κ1) is 11.8. The van der Waals surface area contributed by atoms with Gasteiger partial charge in [0.25, 0.3) is 5.56 Å². The molecule has 3 nitrogen and oxygen atoms in total. The van der Waals surface area contributed by atoms with Crippen molar-refractivity contribution in [2.45, 2.75) is 5.75 Å². The van der Waals surface area contributed by atoms with Gasteiger partial charge in [0.15, 0.2) is 0 Å². The van der Waals surface area contributed by atoms with Gasteiger partial charge >= 0.3 is 0 Å². The zero-order valence-electron chi connectivity index (χ0n) is 9.43. The number of hydrogen-bond donors (Lipinski definition) is 2. The van der Waals surface area contributed by atoms with Crippen LogP contribution >= 0.6 is 12.6 Å². The lowest BCUT2D eigenvalue weighted by atomic mass is 10.1. The summed E-state index contributed by atoms with van der Waals surface area (Å²) in [4.78, 5) is 14.5. The summed E-state index contributed by atoms with van der Waals surface area (Å²) in [5.74, 6) is 1.17.